The number of carbonyl (C=O) groups is 1. The van der Waals surface area contributed by atoms with Crippen LogP contribution in [0, 0.1) is 5.41 Å². The summed E-state index contributed by atoms with van der Waals surface area (Å²) in [5.41, 5.74) is 2.69. The van der Waals surface area contributed by atoms with Crippen LogP contribution in [0.4, 0.5) is 0 Å². The van der Waals surface area contributed by atoms with Gasteiger partial charge in [0.05, 0.1) is 5.41 Å². The number of fused-ring (bicyclic) bond motifs is 1. The summed E-state index contributed by atoms with van der Waals surface area (Å²) in [5, 5.41) is 6.50. The SMILES string of the molecule is CCC1(C(=O)NCC2Cc3ccccc32)CCNC1. The Bertz CT molecular complexity index is 477. The Morgan fingerprint density at radius 2 is 2.32 bits per heavy atom. The van der Waals surface area contributed by atoms with E-state index >= 15 is 0 Å². The molecule has 1 aromatic carbocycles. The third-order valence-corrected chi connectivity index (χ3v) is 4.87. The van der Waals surface area contributed by atoms with E-state index < -0.39 is 0 Å². The molecule has 19 heavy (non-hydrogen) atoms. The highest BCUT2D eigenvalue weighted by molar-refractivity contribution is 5.83. The largest absolute Gasteiger partial charge is 0.355 e. The van der Waals surface area contributed by atoms with E-state index in [0.29, 0.717) is 5.92 Å². The maximum absolute atomic E-state index is 12.4. The molecule has 1 fully saturated rings. The molecule has 1 amide bonds. The van der Waals surface area contributed by atoms with E-state index in [0.717, 1.165) is 38.9 Å². The highest BCUT2D eigenvalue weighted by Crippen LogP contribution is 2.35. The standard InChI is InChI=1S/C16H22N2O/c1-2-16(7-8-17-11-16)15(19)18-10-13-9-12-5-3-4-6-14(12)13/h3-6,13,17H,2,7-11H2,1H3,(H,18,19). The molecule has 1 aliphatic heterocycles. The zero-order valence-electron chi connectivity index (χ0n) is 11.5. The predicted molar refractivity (Wildman–Crippen MR) is 76.1 cm³/mol. The van der Waals surface area contributed by atoms with Crippen molar-refractivity contribution in [1.29, 1.82) is 0 Å². The van der Waals surface area contributed by atoms with Gasteiger partial charge in [-0.3, -0.25) is 4.79 Å². The highest BCUT2D eigenvalue weighted by atomic mass is 16.2. The fourth-order valence-electron chi connectivity index (χ4n) is 3.35. The van der Waals surface area contributed by atoms with Crippen molar-refractivity contribution in [2.75, 3.05) is 19.6 Å². The van der Waals surface area contributed by atoms with Gasteiger partial charge in [-0.15, -0.1) is 0 Å². The van der Waals surface area contributed by atoms with Crippen LogP contribution in [0.3, 0.4) is 0 Å². The van der Waals surface area contributed by atoms with E-state index in [9.17, 15) is 4.79 Å². The minimum atomic E-state index is -0.163. The first-order valence-electron chi connectivity index (χ1n) is 7.32. The minimum absolute atomic E-state index is 0.163. The molecule has 2 aliphatic rings. The van der Waals surface area contributed by atoms with Crippen LogP contribution >= 0.6 is 0 Å². The van der Waals surface area contributed by atoms with Gasteiger partial charge in [-0.2, -0.15) is 0 Å². The van der Waals surface area contributed by atoms with Crippen LogP contribution in [0.2, 0.25) is 0 Å². The molecular weight excluding hydrogens is 236 g/mol. The number of hydrogen-bond donors (Lipinski definition) is 2. The van der Waals surface area contributed by atoms with Gasteiger partial charge in [-0.05, 0) is 36.9 Å². The number of nitrogens with one attached hydrogen (secondary N) is 2. The van der Waals surface area contributed by atoms with Gasteiger partial charge in [-0.25, -0.2) is 0 Å². The Balaban J connectivity index is 1.58. The first-order chi connectivity index (χ1) is 9.25. The molecule has 0 radical (unpaired) electrons. The second-order valence-corrected chi connectivity index (χ2v) is 5.87. The molecule has 1 saturated heterocycles. The van der Waals surface area contributed by atoms with Crippen molar-refractivity contribution in [2.45, 2.75) is 32.1 Å². The highest BCUT2D eigenvalue weighted by Gasteiger charge is 2.39. The maximum atomic E-state index is 12.4. The van der Waals surface area contributed by atoms with Crippen LogP contribution in [-0.4, -0.2) is 25.5 Å². The van der Waals surface area contributed by atoms with Crippen molar-refractivity contribution in [2.24, 2.45) is 5.41 Å². The quantitative estimate of drug-likeness (QED) is 0.865. The van der Waals surface area contributed by atoms with Gasteiger partial charge < -0.3 is 10.6 Å². The van der Waals surface area contributed by atoms with E-state index in [2.05, 4.69) is 41.8 Å². The molecule has 0 aromatic heterocycles. The summed E-state index contributed by atoms with van der Waals surface area (Å²) >= 11 is 0. The molecule has 2 N–H and O–H groups in total. The van der Waals surface area contributed by atoms with Crippen molar-refractivity contribution < 1.29 is 4.79 Å². The molecule has 2 unspecified atom stereocenters. The molecule has 3 heteroatoms. The van der Waals surface area contributed by atoms with Gasteiger partial charge in [0.1, 0.15) is 0 Å². The van der Waals surface area contributed by atoms with Gasteiger partial charge in [0, 0.05) is 19.0 Å². The molecule has 2 atom stereocenters. The lowest BCUT2D eigenvalue weighted by Gasteiger charge is -2.32. The monoisotopic (exact) mass is 258 g/mol. The van der Waals surface area contributed by atoms with E-state index in [1.54, 1.807) is 0 Å². The second kappa shape index (κ2) is 4.97. The Kier molecular flexibility index (Phi) is 3.31. The Morgan fingerprint density at radius 1 is 1.47 bits per heavy atom. The van der Waals surface area contributed by atoms with Crippen LogP contribution < -0.4 is 10.6 Å². The minimum Gasteiger partial charge on any atom is -0.355 e. The normalized spacial score (nSPS) is 28.6. The lowest BCUT2D eigenvalue weighted by Crippen LogP contribution is -2.44. The first kappa shape index (κ1) is 12.7. The zero-order valence-corrected chi connectivity index (χ0v) is 11.5. The van der Waals surface area contributed by atoms with Crippen LogP contribution in [0.5, 0.6) is 0 Å². The molecule has 1 heterocycles. The summed E-state index contributed by atoms with van der Waals surface area (Å²) in [4.78, 5) is 12.4. The number of rotatable bonds is 4. The van der Waals surface area contributed by atoms with Crippen LogP contribution in [0.15, 0.2) is 24.3 Å². The van der Waals surface area contributed by atoms with Gasteiger partial charge in [0.25, 0.3) is 0 Å². The second-order valence-electron chi connectivity index (χ2n) is 5.87. The van der Waals surface area contributed by atoms with Crippen molar-refractivity contribution >= 4 is 5.91 Å². The van der Waals surface area contributed by atoms with Crippen molar-refractivity contribution in [1.82, 2.24) is 10.6 Å². The van der Waals surface area contributed by atoms with E-state index in [1.807, 2.05) is 0 Å². The van der Waals surface area contributed by atoms with Crippen LogP contribution in [0.25, 0.3) is 0 Å². The zero-order chi connectivity index (χ0) is 13.3. The fraction of sp³-hybridized carbons (Fsp3) is 0.562. The van der Waals surface area contributed by atoms with Crippen molar-refractivity contribution in [3.63, 3.8) is 0 Å². The number of amides is 1. The predicted octanol–water partition coefficient (Wildman–Crippen LogP) is 1.83. The molecule has 0 saturated carbocycles. The Morgan fingerprint density at radius 3 is 3.00 bits per heavy atom. The Hall–Kier alpha value is -1.35. The summed E-state index contributed by atoms with van der Waals surface area (Å²) in [5.74, 6) is 0.757. The van der Waals surface area contributed by atoms with E-state index in [4.69, 9.17) is 0 Å². The van der Waals surface area contributed by atoms with Crippen molar-refractivity contribution in [3.05, 3.63) is 35.4 Å². The number of benzene rings is 1. The van der Waals surface area contributed by atoms with E-state index in [1.165, 1.54) is 11.1 Å². The van der Waals surface area contributed by atoms with Gasteiger partial charge >= 0.3 is 0 Å². The average Bonchev–Trinajstić information content (AvgIpc) is 2.89. The van der Waals surface area contributed by atoms with E-state index in [-0.39, 0.29) is 11.3 Å². The molecule has 0 spiro atoms. The molecule has 0 bridgehead atoms. The molecular formula is C16H22N2O. The molecule has 3 rings (SSSR count). The lowest BCUT2D eigenvalue weighted by molar-refractivity contribution is -0.130. The van der Waals surface area contributed by atoms with Gasteiger partial charge in [0.2, 0.25) is 5.91 Å². The first-order valence-corrected chi connectivity index (χ1v) is 7.32. The van der Waals surface area contributed by atoms with Crippen LogP contribution in [0.1, 0.15) is 36.8 Å². The number of carbonyl (C=O) groups excluding carboxylic acids is 1. The summed E-state index contributed by atoms with van der Waals surface area (Å²) in [6.45, 7) is 4.70. The summed E-state index contributed by atoms with van der Waals surface area (Å²) in [7, 11) is 0. The summed E-state index contributed by atoms with van der Waals surface area (Å²) in [6, 6.07) is 8.54. The molecule has 3 nitrogen and oxygen atoms in total. The van der Waals surface area contributed by atoms with Gasteiger partial charge in [-0.1, -0.05) is 31.2 Å². The lowest BCUT2D eigenvalue weighted by atomic mass is 9.77. The van der Waals surface area contributed by atoms with Crippen LogP contribution in [-0.2, 0) is 11.2 Å². The average molecular weight is 258 g/mol. The topological polar surface area (TPSA) is 41.1 Å². The third-order valence-electron chi connectivity index (χ3n) is 4.87. The molecule has 1 aliphatic carbocycles. The smallest absolute Gasteiger partial charge is 0.227 e. The molecule has 1 aromatic rings. The third kappa shape index (κ3) is 2.16. The van der Waals surface area contributed by atoms with Crippen molar-refractivity contribution in [3.8, 4) is 0 Å². The summed E-state index contributed by atoms with van der Waals surface area (Å²) < 4.78 is 0. The number of hydrogen-bond acceptors (Lipinski definition) is 2. The van der Waals surface area contributed by atoms with Gasteiger partial charge in [0.15, 0.2) is 0 Å². The fourth-order valence-corrected chi connectivity index (χ4v) is 3.35. The maximum Gasteiger partial charge on any atom is 0.227 e. The Labute approximate surface area is 114 Å². The molecule has 102 valence electrons. The summed E-state index contributed by atoms with van der Waals surface area (Å²) in [6.07, 6.45) is 3.00.